The van der Waals surface area contributed by atoms with E-state index in [2.05, 4.69) is 5.32 Å². The van der Waals surface area contributed by atoms with Crippen LogP contribution in [0, 0.1) is 41.1 Å². The molecule has 2 aliphatic carbocycles. The van der Waals surface area contributed by atoms with Gasteiger partial charge in [-0.15, -0.1) is 0 Å². The predicted octanol–water partition coefficient (Wildman–Crippen LogP) is 5.47. The molecule has 2 aromatic rings. The molecule has 5 unspecified atom stereocenters. The number of rotatable bonds is 9. The van der Waals surface area contributed by atoms with E-state index < -0.39 is 44.0 Å². The summed E-state index contributed by atoms with van der Waals surface area (Å²) in [5.74, 6) is -6.15. The predicted molar refractivity (Wildman–Crippen MR) is 145 cm³/mol. The standard InChI is InChI=1S/C28H34ClF3N2O5S/c1-15(14-39-34(3)4)16(2)28(36)12-18-5-6-19(13-28)26(18)40(37,38)24-9-17(7-8-21(24)29)27(35)33-20-10-22(30)25(32)23(31)11-20/h7-11,15-16,18-19,26,36H,5-6,12-14H2,1-4H3,(H,33,35)/t15?,16?,18-,19?,26?,28?/m0/s1. The molecule has 0 aliphatic heterocycles. The number of nitrogens with zero attached hydrogens (tertiary/aromatic N) is 1. The summed E-state index contributed by atoms with van der Waals surface area (Å²) in [6.45, 7) is 4.40. The minimum absolute atomic E-state index is 0.0349. The largest absolute Gasteiger partial charge is 0.390 e. The van der Waals surface area contributed by atoms with Gasteiger partial charge in [0.05, 0.1) is 27.4 Å². The van der Waals surface area contributed by atoms with E-state index >= 15 is 0 Å². The number of fused-ring (bicyclic) bond motifs is 2. The van der Waals surface area contributed by atoms with Crippen LogP contribution < -0.4 is 5.32 Å². The molecule has 2 N–H and O–H groups in total. The molecular formula is C28H34ClF3N2O5S. The Morgan fingerprint density at radius 2 is 1.70 bits per heavy atom. The maximum atomic E-state index is 14.0. The minimum Gasteiger partial charge on any atom is -0.390 e. The molecule has 2 bridgehead atoms. The number of nitrogens with one attached hydrogen (secondary N) is 1. The smallest absolute Gasteiger partial charge is 0.255 e. The first-order chi connectivity index (χ1) is 18.6. The minimum atomic E-state index is -4.02. The van der Waals surface area contributed by atoms with E-state index in [-0.39, 0.29) is 44.8 Å². The Hall–Kier alpha value is -2.18. The van der Waals surface area contributed by atoms with E-state index in [1.54, 1.807) is 19.2 Å². The van der Waals surface area contributed by atoms with Crippen molar-refractivity contribution in [2.24, 2.45) is 23.7 Å². The molecule has 6 atom stereocenters. The van der Waals surface area contributed by atoms with Gasteiger partial charge < -0.3 is 10.4 Å². The number of hydroxylamine groups is 2. The molecule has 0 saturated heterocycles. The number of anilines is 1. The average molecular weight is 603 g/mol. The van der Waals surface area contributed by atoms with Crippen LogP contribution in [0.3, 0.4) is 0 Å². The molecule has 0 spiro atoms. The molecule has 0 radical (unpaired) electrons. The molecule has 40 heavy (non-hydrogen) atoms. The Morgan fingerprint density at radius 3 is 2.25 bits per heavy atom. The van der Waals surface area contributed by atoms with Crippen LogP contribution >= 0.6 is 11.6 Å². The zero-order valence-electron chi connectivity index (χ0n) is 22.8. The van der Waals surface area contributed by atoms with Crippen LogP contribution in [-0.4, -0.2) is 56.0 Å². The van der Waals surface area contributed by atoms with E-state index in [0.29, 0.717) is 44.4 Å². The monoisotopic (exact) mass is 602 g/mol. The van der Waals surface area contributed by atoms with E-state index in [0.717, 1.165) is 6.07 Å². The summed E-state index contributed by atoms with van der Waals surface area (Å²) in [7, 11) is -0.446. The maximum Gasteiger partial charge on any atom is 0.255 e. The molecular weight excluding hydrogens is 569 g/mol. The van der Waals surface area contributed by atoms with Gasteiger partial charge in [-0.3, -0.25) is 9.63 Å². The first-order valence-electron chi connectivity index (χ1n) is 13.2. The summed E-state index contributed by atoms with van der Waals surface area (Å²) in [6.07, 6.45) is 1.93. The van der Waals surface area contributed by atoms with Crippen molar-refractivity contribution in [3.63, 3.8) is 0 Å². The van der Waals surface area contributed by atoms with E-state index in [1.165, 1.54) is 12.1 Å². The number of aliphatic hydroxyl groups is 1. The quantitative estimate of drug-likeness (QED) is 0.292. The number of amides is 1. The zero-order valence-corrected chi connectivity index (χ0v) is 24.3. The van der Waals surface area contributed by atoms with Crippen LogP contribution in [0.5, 0.6) is 0 Å². The summed E-state index contributed by atoms with van der Waals surface area (Å²) < 4.78 is 68.3. The van der Waals surface area contributed by atoms with Gasteiger partial charge >= 0.3 is 0 Å². The summed E-state index contributed by atoms with van der Waals surface area (Å²) in [5.41, 5.74) is -1.47. The Bertz CT molecular complexity index is 1350. The van der Waals surface area contributed by atoms with Crippen LogP contribution in [0.1, 0.15) is 49.9 Å². The van der Waals surface area contributed by atoms with Gasteiger partial charge in [-0.1, -0.05) is 25.4 Å². The van der Waals surface area contributed by atoms with Crippen molar-refractivity contribution in [1.29, 1.82) is 0 Å². The number of benzene rings is 2. The van der Waals surface area contributed by atoms with Gasteiger partial charge in [0.25, 0.3) is 5.91 Å². The Kier molecular flexibility index (Phi) is 8.92. The van der Waals surface area contributed by atoms with E-state index in [4.69, 9.17) is 16.4 Å². The lowest BCUT2D eigenvalue weighted by Gasteiger charge is -2.46. The van der Waals surface area contributed by atoms with Crippen molar-refractivity contribution in [2.45, 2.75) is 55.3 Å². The van der Waals surface area contributed by atoms with Gasteiger partial charge in [0.2, 0.25) is 0 Å². The summed E-state index contributed by atoms with van der Waals surface area (Å²) in [4.78, 5) is 18.2. The van der Waals surface area contributed by atoms with Crippen LogP contribution in [0.15, 0.2) is 35.2 Å². The van der Waals surface area contributed by atoms with Gasteiger partial charge in [-0.05, 0) is 67.6 Å². The lowest BCUT2D eigenvalue weighted by molar-refractivity contribution is -0.153. The highest BCUT2D eigenvalue weighted by Crippen LogP contribution is 2.54. The highest BCUT2D eigenvalue weighted by atomic mass is 35.5. The summed E-state index contributed by atoms with van der Waals surface area (Å²) in [5, 5.41) is 14.7. The Morgan fingerprint density at radius 1 is 1.12 bits per heavy atom. The third-order valence-corrected chi connectivity index (χ3v) is 11.3. The van der Waals surface area contributed by atoms with Gasteiger partial charge in [0.15, 0.2) is 27.3 Å². The Labute approximate surface area is 237 Å². The van der Waals surface area contributed by atoms with Gasteiger partial charge in [-0.2, -0.15) is 5.06 Å². The van der Waals surface area contributed by atoms with Gasteiger partial charge in [-0.25, -0.2) is 21.6 Å². The molecule has 2 saturated carbocycles. The van der Waals surface area contributed by atoms with E-state index in [9.17, 15) is 31.5 Å². The fourth-order valence-electron chi connectivity index (χ4n) is 6.23. The van der Waals surface area contributed by atoms with Crippen LogP contribution in [-0.2, 0) is 14.7 Å². The topological polar surface area (TPSA) is 95.9 Å². The fraction of sp³-hybridized carbons (Fsp3) is 0.536. The third kappa shape index (κ3) is 6.04. The molecule has 2 aliphatic rings. The van der Waals surface area contributed by atoms with Crippen molar-refractivity contribution in [2.75, 3.05) is 26.0 Å². The van der Waals surface area contributed by atoms with Gasteiger partial charge in [0, 0.05) is 37.5 Å². The van der Waals surface area contributed by atoms with Crippen molar-refractivity contribution in [3.8, 4) is 0 Å². The van der Waals surface area contributed by atoms with E-state index in [1.807, 2.05) is 13.8 Å². The average Bonchev–Trinajstić information content (AvgIpc) is 3.18. The second kappa shape index (κ2) is 11.6. The second-order valence-electron chi connectivity index (χ2n) is 11.3. The van der Waals surface area contributed by atoms with Crippen molar-refractivity contribution >= 4 is 33.0 Å². The van der Waals surface area contributed by atoms with Crippen LogP contribution in [0.4, 0.5) is 18.9 Å². The number of hydrogen-bond acceptors (Lipinski definition) is 6. The maximum absolute atomic E-state index is 14.0. The fourth-order valence-corrected chi connectivity index (χ4v) is 9.07. The van der Waals surface area contributed by atoms with Crippen LogP contribution in [0.25, 0.3) is 0 Å². The summed E-state index contributed by atoms with van der Waals surface area (Å²) in [6, 6.07) is 4.97. The van der Waals surface area contributed by atoms with Crippen molar-refractivity contribution < 1.29 is 36.3 Å². The molecule has 7 nitrogen and oxygen atoms in total. The number of halogens is 4. The number of carbonyl (C=O) groups excluding carboxylic acids is 1. The zero-order chi connectivity index (χ0) is 29.6. The van der Waals surface area contributed by atoms with Gasteiger partial charge in [0.1, 0.15) is 0 Å². The second-order valence-corrected chi connectivity index (χ2v) is 13.8. The molecule has 220 valence electrons. The van der Waals surface area contributed by atoms with Crippen LogP contribution in [0.2, 0.25) is 5.02 Å². The van der Waals surface area contributed by atoms with Crippen molar-refractivity contribution in [3.05, 3.63) is 58.4 Å². The third-order valence-electron chi connectivity index (χ3n) is 8.47. The first kappa shape index (κ1) is 30.8. The number of hydrogen-bond donors (Lipinski definition) is 2. The number of carbonyl (C=O) groups is 1. The molecule has 4 rings (SSSR count). The molecule has 2 aromatic carbocycles. The lowest BCUT2D eigenvalue weighted by Crippen LogP contribution is -2.51. The molecule has 1 amide bonds. The molecule has 0 heterocycles. The summed E-state index contributed by atoms with van der Waals surface area (Å²) >= 11 is 6.33. The number of sulfone groups is 1. The molecule has 12 heteroatoms. The SMILES string of the molecule is CC(CON(C)C)C(C)C1(O)CC2CC[C@@H](C1)C2S(=O)(=O)c1cc(C(=O)Nc2cc(F)c(F)c(F)c2)ccc1Cl. The highest BCUT2D eigenvalue weighted by molar-refractivity contribution is 7.92. The molecule has 0 aromatic heterocycles. The Balaban J connectivity index is 1.56. The highest BCUT2D eigenvalue weighted by Gasteiger charge is 2.56. The normalized spacial score (nSPS) is 26.1. The molecule has 2 fully saturated rings. The first-order valence-corrected chi connectivity index (χ1v) is 15.1. The lowest BCUT2D eigenvalue weighted by atomic mass is 9.68. The van der Waals surface area contributed by atoms with Crippen molar-refractivity contribution in [1.82, 2.24) is 5.06 Å².